The number of hydrogen-bond acceptors (Lipinski definition) is 4. The van der Waals surface area contributed by atoms with Crippen molar-refractivity contribution >= 4 is 34.9 Å². The van der Waals surface area contributed by atoms with Gasteiger partial charge in [0.15, 0.2) is 0 Å². The minimum atomic E-state index is 0.787. The Morgan fingerprint density at radius 3 is 0.650 bits per heavy atom. The number of benzene rings is 6. The van der Waals surface area contributed by atoms with Crippen molar-refractivity contribution in [3.8, 4) is 33.4 Å². The number of hydrogen-bond donors (Lipinski definition) is 2. The summed E-state index contributed by atoms with van der Waals surface area (Å²) in [6.45, 7) is 0. The van der Waals surface area contributed by atoms with Gasteiger partial charge < -0.3 is 11.5 Å². The quantitative estimate of drug-likeness (QED) is 0.193. The van der Waals surface area contributed by atoms with E-state index >= 15 is 0 Å². The van der Waals surface area contributed by atoms with Crippen LogP contribution in [0.2, 0.25) is 0 Å². The lowest BCUT2D eigenvalue weighted by Crippen LogP contribution is -1.84. The molecule has 0 aliphatic rings. The standard InChI is InChI=1S/C36H28N2S2/c37-31-13-21-35(22-14-31)39-33-17-9-29(10-18-33)27-5-1-25(2-6-27)26-3-7-28(8-4-26)30-11-19-34(20-12-30)40-36-23-15-32(38)16-24-36/h1-24H,37-38H2. The lowest BCUT2D eigenvalue weighted by Gasteiger charge is -2.08. The first-order valence-corrected chi connectivity index (χ1v) is 14.7. The molecule has 0 unspecified atom stereocenters. The smallest absolute Gasteiger partial charge is 0.0314 e. The van der Waals surface area contributed by atoms with Gasteiger partial charge in [-0.15, -0.1) is 0 Å². The van der Waals surface area contributed by atoms with E-state index in [1.165, 1.54) is 53.0 Å². The lowest BCUT2D eigenvalue weighted by molar-refractivity contribution is 1.40. The van der Waals surface area contributed by atoms with Gasteiger partial charge in [0.2, 0.25) is 0 Å². The van der Waals surface area contributed by atoms with Crippen LogP contribution in [0, 0.1) is 0 Å². The van der Waals surface area contributed by atoms with E-state index in [-0.39, 0.29) is 0 Å². The average molecular weight is 553 g/mol. The molecule has 0 radical (unpaired) electrons. The molecule has 0 aliphatic heterocycles. The zero-order chi connectivity index (χ0) is 27.3. The van der Waals surface area contributed by atoms with Crippen molar-refractivity contribution in [3.05, 3.63) is 146 Å². The predicted molar refractivity (Wildman–Crippen MR) is 173 cm³/mol. The normalized spacial score (nSPS) is 10.9. The Morgan fingerprint density at radius 1 is 0.250 bits per heavy atom. The minimum Gasteiger partial charge on any atom is -0.399 e. The Balaban J connectivity index is 1.10. The summed E-state index contributed by atoms with van der Waals surface area (Å²) in [5.41, 5.74) is 20.4. The monoisotopic (exact) mass is 552 g/mol. The zero-order valence-corrected chi connectivity index (χ0v) is 23.5. The summed E-state index contributed by atoms with van der Waals surface area (Å²) >= 11 is 3.48. The number of rotatable bonds is 7. The molecule has 0 saturated carbocycles. The van der Waals surface area contributed by atoms with Crippen LogP contribution in [-0.4, -0.2) is 0 Å². The van der Waals surface area contributed by atoms with Crippen LogP contribution in [0.15, 0.2) is 165 Å². The second-order valence-corrected chi connectivity index (χ2v) is 11.8. The molecule has 0 amide bonds. The average Bonchev–Trinajstić information content (AvgIpc) is 3.01. The van der Waals surface area contributed by atoms with Crippen molar-refractivity contribution in [1.29, 1.82) is 0 Å². The highest BCUT2D eigenvalue weighted by Crippen LogP contribution is 2.33. The molecule has 194 valence electrons. The summed E-state index contributed by atoms with van der Waals surface area (Å²) in [5, 5.41) is 0. The van der Waals surface area contributed by atoms with Crippen LogP contribution in [0.25, 0.3) is 33.4 Å². The van der Waals surface area contributed by atoms with Gasteiger partial charge in [0.25, 0.3) is 0 Å². The molecule has 0 heterocycles. The fraction of sp³-hybridized carbons (Fsp3) is 0. The SMILES string of the molecule is Nc1ccc(Sc2ccc(-c3ccc(-c4ccc(-c5ccc(Sc6ccc(N)cc6)cc5)cc4)cc3)cc2)cc1. The van der Waals surface area contributed by atoms with Crippen LogP contribution in [0.5, 0.6) is 0 Å². The third-order valence-corrected chi connectivity index (χ3v) is 8.74. The van der Waals surface area contributed by atoms with Gasteiger partial charge in [0.05, 0.1) is 0 Å². The number of anilines is 2. The molecule has 40 heavy (non-hydrogen) atoms. The molecular weight excluding hydrogens is 525 g/mol. The summed E-state index contributed by atoms with van der Waals surface area (Å²) in [4.78, 5) is 4.78. The fourth-order valence-corrected chi connectivity index (χ4v) is 6.12. The maximum Gasteiger partial charge on any atom is 0.0314 e. The molecule has 0 aliphatic carbocycles. The van der Waals surface area contributed by atoms with E-state index in [4.69, 9.17) is 11.5 Å². The number of nitrogen functional groups attached to an aromatic ring is 2. The van der Waals surface area contributed by atoms with E-state index in [1.807, 2.05) is 24.3 Å². The van der Waals surface area contributed by atoms with E-state index in [0.29, 0.717) is 0 Å². The van der Waals surface area contributed by atoms with Gasteiger partial charge >= 0.3 is 0 Å². The van der Waals surface area contributed by atoms with Crippen molar-refractivity contribution in [1.82, 2.24) is 0 Å². The summed E-state index contributed by atoms with van der Waals surface area (Å²) in [5.74, 6) is 0. The Kier molecular flexibility index (Phi) is 7.62. The first kappa shape index (κ1) is 25.9. The minimum absolute atomic E-state index is 0.787. The van der Waals surface area contributed by atoms with Crippen LogP contribution < -0.4 is 11.5 Å². The molecular formula is C36H28N2S2. The summed E-state index contributed by atoms with van der Waals surface area (Å²) in [6, 6.07) is 51.0. The predicted octanol–water partition coefficient (Wildman–Crippen LogP) is 10.2. The molecule has 6 aromatic rings. The Bertz CT molecular complexity index is 1560. The molecule has 4 N–H and O–H groups in total. The van der Waals surface area contributed by atoms with E-state index < -0.39 is 0 Å². The molecule has 0 fully saturated rings. The topological polar surface area (TPSA) is 52.0 Å². The molecule has 0 saturated heterocycles. The lowest BCUT2D eigenvalue weighted by atomic mass is 9.98. The van der Waals surface area contributed by atoms with Crippen LogP contribution in [-0.2, 0) is 0 Å². The van der Waals surface area contributed by atoms with Crippen molar-refractivity contribution in [3.63, 3.8) is 0 Å². The molecule has 0 bridgehead atoms. The molecule has 2 nitrogen and oxygen atoms in total. The molecule has 0 atom stereocenters. The van der Waals surface area contributed by atoms with Gasteiger partial charge in [-0.25, -0.2) is 0 Å². The largest absolute Gasteiger partial charge is 0.399 e. The van der Waals surface area contributed by atoms with Gasteiger partial charge in [0, 0.05) is 31.0 Å². The first-order chi connectivity index (χ1) is 19.6. The van der Waals surface area contributed by atoms with Crippen LogP contribution in [0.3, 0.4) is 0 Å². The van der Waals surface area contributed by atoms with Gasteiger partial charge in [-0.2, -0.15) is 0 Å². The third-order valence-electron chi connectivity index (χ3n) is 6.71. The Morgan fingerprint density at radius 2 is 0.425 bits per heavy atom. The highest BCUT2D eigenvalue weighted by molar-refractivity contribution is 7.99. The van der Waals surface area contributed by atoms with Gasteiger partial charge in [-0.3, -0.25) is 0 Å². The summed E-state index contributed by atoms with van der Waals surface area (Å²) in [6.07, 6.45) is 0. The molecule has 0 aromatic heterocycles. The molecule has 6 aromatic carbocycles. The molecule has 6 rings (SSSR count). The Labute approximate surface area is 244 Å². The third kappa shape index (κ3) is 6.26. The van der Waals surface area contributed by atoms with Crippen molar-refractivity contribution in [2.45, 2.75) is 19.6 Å². The van der Waals surface area contributed by atoms with Crippen molar-refractivity contribution in [2.24, 2.45) is 0 Å². The van der Waals surface area contributed by atoms with Gasteiger partial charge in [-0.1, -0.05) is 96.3 Å². The summed E-state index contributed by atoms with van der Waals surface area (Å²) < 4.78 is 0. The molecule has 0 spiro atoms. The highest BCUT2D eigenvalue weighted by atomic mass is 32.2. The van der Waals surface area contributed by atoms with Gasteiger partial charge in [0.1, 0.15) is 0 Å². The maximum atomic E-state index is 5.80. The van der Waals surface area contributed by atoms with Crippen LogP contribution in [0.4, 0.5) is 11.4 Å². The van der Waals surface area contributed by atoms with Gasteiger partial charge in [-0.05, 0) is 106 Å². The molecule has 4 heteroatoms. The number of nitrogens with two attached hydrogens (primary N) is 2. The van der Waals surface area contributed by atoms with Crippen LogP contribution in [0.1, 0.15) is 0 Å². The van der Waals surface area contributed by atoms with E-state index in [2.05, 4.69) is 121 Å². The second-order valence-electron chi connectivity index (χ2n) is 9.55. The Hall–Kier alpha value is -4.38. The van der Waals surface area contributed by atoms with Crippen molar-refractivity contribution < 1.29 is 0 Å². The van der Waals surface area contributed by atoms with E-state index in [9.17, 15) is 0 Å². The zero-order valence-electron chi connectivity index (χ0n) is 21.8. The first-order valence-electron chi connectivity index (χ1n) is 13.1. The fourth-order valence-electron chi connectivity index (χ4n) is 4.49. The van der Waals surface area contributed by atoms with Crippen LogP contribution >= 0.6 is 23.5 Å². The second kappa shape index (κ2) is 11.8. The maximum absolute atomic E-state index is 5.80. The van der Waals surface area contributed by atoms with E-state index in [1.54, 1.807) is 23.5 Å². The summed E-state index contributed by atoms with van der Waals surface area (Å²) in [7, 11) is 0. The van der Waals surface area contributed by atoms with E-state index in [0.717, 1.165) is 11.4 Å². The highest BCUT2D eigenvalue weighted by Gasteiger charge is 2.05. The van der Waals surface area contributed by atoms with Crippen molar-refractivity contribution in [2.75, 3.05) is 11.5 Å².